The number of allylic oxidation sites excluding steroid dienone is 2. The van der Waals surface area contributed by atoms with Crippen molar-refractivity contribution in [3.05, 3.63) is 29.9 Å². The van der Waals surface area contributed by atoms with E-state index in [-0.39, 0.29) is 11.8 Å². The molecule has 20 heavy (non-hydrogen) atoms. The number of amidine groups is 1. The Morgan fingerprint density at radius 3 is 2.85 bits per heavy atom. The van der Waals surface area contributed by atoms with Gasteiger partial charge < -0.3 is 0 Å². The van der Waals surface area contributed by atoms with E-state index in [2.05, 4.69) is 38.2 Å². The molecule has 0 spiro atoms. The first-order chi connectivity index (χ1) is 9.58. The molecule has 2 unspecified atom stereocenters. The summed E-state index contributed by atoms with van der Waals surface area (Å²) in [5, 5.41) is 16.1. The third kappa shape index (κ3) is 1.93. The van der Waals surface area contributed by atoms with Gasteiger partial charge in [0.05, 0.1) is 22.5 Å². The Morgan fingerprint density at radius 1 is 1.25 bits per heavy atom. The van der Waals surface area contributed by atoms with Crippen molar-refractivity contribution >= 4 is 22.6 Å². The largest absolute Gasteiger partial charge is 0.286 e. The molecule has 0 saturated carbocycles. The second kappa shape index (κ2) is 4.63. The van der Waals surface area contributed by atoms with Crippen LogP contribution in [-0.2, 0) is 0 Å². The number of fused-ring (bicyclic) bond motifs is 1. The van der Waals surface area contributed by atoms with Crippen molar-refractivity contribution < 1.29 is 0 Å². The van der Waals surface area contributed by atoms with Crippen molar-refractivity contribution in [2.24, 2.45) is 16.8 Å². The minimum atomic E-state index is 0.107. The summed E-state index contributed by atoms with van der Waals surface area (Å²) in [5.41, 5.74) is 2.97. The van der Waals surface area contributed by atoms with Gasteiger partial charge in [-0.3, -0.25) is 10.5 Å². The Kier molecular flexibility index (Phi) is 2.93. The fourth-order valence-electron chi connectivity index (χ4n) is 2.26. The van der Waals surface area contributed by atoms with Crippen molar-refractivity contribution in [2.45, 2.75) is 20.8 Å². The van der Waals surface area contributed by atoms with Crippen LogP contribution in [0.2, 0.25) is 0 Å². The Morgan fingerprint density at radius 2 is 2.05 bits per heavy atom. The van der Waals surface area contributed by atoms with Gasteiger partial charge in [-0.1, -0.05) is 19.9 Å². The van der Waals surface area contributed by atoms with Crippen molar-refractivity contribution in [3.63, 3.8) is 0 Å². The maximum absolute atomic E-state index is 8.07. The molecule has 3 heterocycles. The lowest BCUT2D eigenvalue weighted by atomic mass is 9.95. The third-order valence-corrected chi connectivity index (χ3v) is 3.82. The van der Waals surface area contributed by atoms with Crippen LogP contribution in [0, 0.1) is 24.2 Å². The van der Waals surface area contributed by atoms with Crippen LogP contribution in [0.15, 0.2) is 23.5 Å². The Balaban J connectivity index is 2.18. The number of H-pyrrole nitrogens is 1. The highest BCUT2D eigenvalue weighted by Crippen LogP contribution is 2.22. The van der Waals surface area contributed by atoms with Crippen LogP contribution in [0.3, 0.4) is 0 Å². The van der Waals surface area contributed by atoms with E-state index in [0.29, 0.717) is 17.2 Å². The molecular formula is C14H16N6. The normalized spacial score (nSPS) is 22.9. The Bertz CT molecular complexity index is 739. The first-order valence-electron chi connectivity index (χ1n) is 6.59. The second-order valence-corrected chi connectivity index (χ2v) is 5.15. The monoisotopic (exact) mass is 268 g/mol. The van der Waals surface area contributed by atoms with Crippen LogP contribution < -0.4 is 0 Å². The van der Waals surface area contributed by atoms with Crippen LogP contribution in [0.25, 0.3) is 11.0 Å². The van der Waals surface area contributed by atoms with Gasteiger partial charge in [0, 0.05) is 5.92 Å². The van der Waals surface area contributed by atoms with Crippen LogP contribution in [-0.4, -0.2) is 31.7 Å². The number of aromatic amines is 1. The number of aryl methyl sites for hydroxylation is 1. The fraction of sp³-hybridized carbons (Fsp3) is 0.357. The Hall–Kier alpha value is -2.37. The molecule has 0 amide bonds. The van der Waals surface area contributed by atoms with E-state index < -0.39 is 0 Å². The summed E-state index contributed by atoms with van der Waals surface area (Å²) in [6.45, 7) is 6.03. The molecule has 2 aromatic heterocycles. The summed E-state index contributed by atoms with van der Waals surface area (Å²) < 4.78 is 0. The van der Waals surface area contributed by atoms with Gasteiger partial charge in [-0.15, -0.1) is 0 Å². The standard InChI is InChI=1S/C14H16N6/c1-7-4-5-10(18-13(15)8(7)2)12-11-9(3)16-6-17-14(11)20-19-12/h4-8,15H,1-3H3,(H,16,17,19,20). The number of rotatable bonds is 1. The van der Waals surface area contributed by atoms with Crippen LogP contribution in [0.4, 0.5) is 0 Å². The van der Waals surface area contributed by atoms with Crippen LogP contribution >= 0.6 is 0 Å². The minimum Gasteiger partial charge on any atom is -0.286 e. The number of nitrogens with one attached hydrogen (secondary N) is 2. The van der Waals surface area contributed by atoms with Crippen LogP contribution in [0.1, 0.15) is 25.2 Å². The number of aromatic nitrogens is 4. The molecule has 3 rings (SSSR count). The van der Waals surface area contributed by atoms with Crippen molar-refractivity contribution in [1.29, 1.82) is 5.41 Å². The third-order valence-electron chi connectivity index (χ3n) is 3.82. The summed E-state index contributed by atoms with van der Waals surface area (Å²) >= 11 is 0. The smallest absolute Gasteiger partial charge is 0.184 e. The molecule has 0 bridgehead atoms. The maximum Gasteiger partial charge on any atom is 0.184 e. The first-order valence-corrected chi connectivity index (χ1v) is 6.59. The highest BCUT2D eigenvalue weighted by atomic mass is 15.2. The van der Waals surface area contributed by atoms with Crippen LogP contribution in [0.5, 0.6) is 0 Å². The van der Waals surface area contributed by atoms with Gasteiger partial charge in [0.2, 0.25) is 0 Å². The first kappa shape index (κ1) is 12.7. The summed E-state index contributed by atoms with van der Waals surface area (Å²) in [7, 11) is 0. The zero-order chi connectivity index (χ0) is 14.3. The fourth-order valence-corrected chi connectivity index (χ4v) is 2.26. The molecule has 0 saturated heterocycles. The molecule has 2 atom stereocenters. The van der Waals surface area contributed by atoms with E-state index >= 15 is 0 Å². The summed E-state index contributed by atoms with van der Waals surface area (Å²) in [6, 6.07) is 0. The molecule has 0 aliphatic carbocycles. The summed E-state index contributed by atoms with van der Waals surface area (Å²) in [5.74, 6) is 0.778. The average molecular weight is 268 g/mol. The van der Waals surface area contributed by atoms with Gasteiger partial charge in [0.1, 0.15) is 12.2 Å². The van der Waals surface area contributed by atoms with E-state index in [0.717, 1.165) is 16.8 Å². The zero-order valence-corrected chi connectivity index (χ0v) is 11.7. The molecule has 0 fully saturated rings. The molecular weight excluding hydrogens is 252 g/mol. The number of aliphatic imine (C=N–C) groups is 1. The summed E-state index contributed by atoms with van der Waals surface area (Å²) in [6.07, 6.45) is 5.53. The molecule has 102 valence electrons. The van der Waals surface area contributed by atoms with Crippen molar-refractivity contribution in [2.75, 3.05) is 0 Å². The van der Waals surface area contributed by atoms with E-state index in [1.54, 1.807) is 0 Å². The van der Waals surface area contributed by atoms with E-state index in [1.807, 2.05) is 19.9 Å². The number of hydrogen-bond donors (Lipinski definition) is 2. The van der Waals surface area contributed by atoms with E-state index in [1.165, 1.54) is 6.33 Å². The highest BCUT2D eigenvalue weighted by molar-refractivity contribution is 6.18. The molecule has 0 radical (unpaired) electrons. The SMILES string of the molecule is Cc1ncnc2n[nH]c(C3=NC(=N)C(C)C(C)C=C3)c12. The zero-order valence-electron chi connectivity index (χ0n) is 11.7. The lowest BCUT2D eigenvalue weighted by Gasteiger charge is -2.12. The topological polar surface area (TPSA) is 90.7 Å². The molecule has 2 N–H and O–H groups in total. The molecule has 0 aromatic carbocycles. The molecule has 1 aliphatic rings. The van der Waals surface area contributed by atoms with Gasteiger partial charge in [-0.05, 0) is 18.9 Å². The number of hydrogen-bond acceptors (Lipinski definition) is 4. The molecule has 6 heteroatoms. The molecule has 2 aromatic rings. The molecule has 1 aliphatic heterocycles. The predicted octanol–water partition coefficient (Wildman–Crippen LogP) is 2.27. The van der Waals surface area contributed by atoms with Crippen molar-refractivity contribution in [3.8, 4) is 0 Å². The lowest BCUT2D eigenvalue weighted by Crippen LogP contribution is -2.14. The van der Waals surface area contributed by atoms with Gasteiger partial charge >= 0.3 is 0 Å². The highest BCUT2D eigenvalue weighted by Gasteiger charge is 2.21. The minimum absolute atomic E-state index is 0.107. The van der Waals surface area contributed by atoms with Gasteiger partial charge in [0.15, 0.2) is 5.65 Å². The maximum atomic E-state index is 8.07. The van der Waals surface area contributed by atoms with Gasteiger partial charge in [-0.2, -0.15) is 5.10 Å². The van der Waals surface area contributed by atoms with Gasteiger partial charge in [0.25, 0.3) is 0 Å². The summed E-state index contributed by atoms with van der Waals surface area (Å²) in [4.78, 5) is 12.8. The van der Waals surface area contributed by atoms with Crippen molar-refractivity contribution in [1.82, 2.24) is 20.2 Å². The average Bonchev–Trinajstić information content (AvgIpc) is 2.82. The Labute approximate surface area is 116 Å². The van der Waals surface area contributed by atoms with E-state index in [4.69, 9.17) is 5.41 Å². The second-order valence-electron chi connectivity index (χ2n) is 5.15. The quantitative estimate of drug-likeness (QED) is 0.831. The predicted molar refractivity (Wildman–Crippen MR) is 78.2 cm³/mol. The number of nitrogens with zero attached hydrogens (tertiary/aromatic N) is 4. The van der Waals surface area contributed by atoms with E-state index in [9.17, 15) is 0 Å². The molecule has 6 nitrogen and oxygen atoms in total. The lowest BCUT2D eigenvalue weighted by molar-refractivity contribution is 0.586. The van der Waals surface area contributed by atoms with Gasteiger partial charge in [-0.25, -0.2) is 15.0 Å².